The molecule has 1 saturated heterocycles. The second kappa shape index (κ2) is 18.3. The average molecular weight is 655 g/mol. The van der Waals surface area contributed by atoms with E-state index in [0.717, 1.165) is 70.1 Å². The number of hydrogen-bond acceptors (Lipinski definition) is 11. The molecule has 258 valence electrons. The summed E-state index contributed by atoms with van der Waals surface area (Å²) < 4.78 is 7.19. The summed E-state index contributed by atoms with van der Waals surface area (Å²) in [6.07, 6.45) is 6.89. The molecule has 0 aliphatic carbocycles. The van der Waals surface area contributed by atoms with Crippen molar-refractivity contribution in [3.05, 3.63) is 45.9 Å². The van der Waals surface area contributed by atoms with Gasteiger partial charge in [0, 0.05) is 13.1 Å². The van der Waals surface area contributed by atoms with E-state index in [9.17, 15) is 14.4 Å². The number of unbranched alkanes of at least 4 members (excludes halogenated alkanes) is 2. The van der Waals surface area contributed by atoms with Gasteiger partial charge in [0.2, 0.25) is 11.8 Å². The molecule has 1 fully saturated rings. The lowest BCUT2D eigenvalue weighted by Gasteiger charge is -2.32. The summed E-state index contributed by atoms with van der Waals surface area (Å²) in [5.41, 5.74) is 14.4. The van der Waals surface area contributed by atoms with Crippen molar-refractivity contribution in [2.45, 2.75) is 77.4 Å². The van der Waals surface area contributed by atoms with Gasteiger partial charge < -0.3 is 31.8 Å². The molecule has 1 atom stereocenters. The van der Waals surface area contributed by atoms with Crippen molar-refractivity contribution in [3.63, 3.8) is 0 Å². The van der Waals surface area contributed by atoms with Crippen LogP contribution in [-0.4, -0.2) is 81.7 Å². The number of hydrogen-bond donors (Lipinski definition) is 6. The number of piperidine rings is 1. The van der Waals surface area contributed by atoms with E-state index in [0.29, 0.717) is 49.7 Å². The number of nitrogen functional groups attached to an aromatic ring is 1. The Morgan fingerprint density at radius 3 is 2.49 bits per heavy atom. The molecule has 1 aromatic carbocycles. The second-order valence-corrected chi connectivity index (χ2v) is 12.1. The number of ether oxygens (including phenoxy) is 1. The third-order valence-electron chi connectivity index (χ3n) is 8.50. The van der Waals surface area contributed by atoms with Gasteiger partial charge >= 0.3 is 11.7 Å². The molecular formula is C32H50N10O5. The first-order valence-electron chi connectivity index (χ1n) is 16.6. The number of carbonyl (C=O) groups is 2. The third kappa shape index (κ3) is 10.7. The number of fused-ring (bicyclic) bond motifs is 1. The largest absolute Gasteiger partial charge is 0.463 e. The first kappa shape index (κ1) is 35.8. The first-order valence-corrected chi connectivity index (χ1v) is 16.6. The number of benzene rings is 1. The number of nitrogens with one attached hydrogen (secondary N) is 3. The highest BCUT2D eigenvalue weighted by Crippen LogP contribution is 2.22. The molecule has 2 aromatic heterocycles. The van der Waals surface area contributed by atoms with Gasteiger partial charge in [0.15, 0.2) is 11.5 Å². The molecule has 3 heterocycles. The number of H-pyrrole nitrogens is 1. The molecule has 0 saturated carbocycles. The molecular weight excluding hydrogens is 604 g/mol. The Hall–Kier alpha value is -4.05. The highest BCUT2D eigenvalue weighted by atomic mass is 16.6. The lowest BCUT2D eigenvalue weighted by atomic mass is 9.93. The molecule has 15 heteroatoms. The van der Waals surface area contributed by atoms with Gasteiger partial charge in [0.05, 0.1) is 13.2 Å². The van der Waals surface area contributed by atoms with Crippen LogP contribution in [0.3, 0.4) is 0 Å². The monoisotopic (exact) mass is 654 g/mol. The van der Waals surface area contributed by atoms with Crippen LogP contribution in [0.25, 0.3) is 11.2 Å². The van der Waals surface area contributed by atoms with Crippen molar-refractivity contribution in [2.24, 2.45) is 17.5 Å². The summed E-state index contributed by atoms with van der Waals surface area (Å²) in [6.45, 7) is 6.50. The predicted octanol–water partition coefficient (Wildman–Crippen LogP) is 1.15. The maximum Gasteiger partial charge on any atom is 0.328 e. The van der Waals surface area contributed by atoms with E-state index in [-0.39, 0.29) is 30.0 Å². The fraction of sp³-hybridized carbons (Fsp3) is 0.594. The number of nitrogens with two attached hydrogens (primary N) is 3. The molecule has 0 spiro atoms. The van der Waals surface area contributed by atoms with Crippen molar-refractivity contribution < 1.29 is 19.2 Å². The zero-order chi connectivity index (χ0) is 33.6. The number of amides is 2. The molecule has 15 nitrogen and oxygen atoms in total. The van der Waals surface area contributed by atoms with Crippen LogP contribution in [-0.2, 0) is 27.5 Å². The summed E-state index contributed by atoms with van der Waals surface area (Å²) in [4.78, 5) is 55.7. The molecule has 2 amide bonds. The molecule has 3 aromatic rings. The van der Waals surface area contributed by atoms with Gasteiger partial charge in [0.25, 0.3) is 0 Å². The van der Waals surface area contributed by atoms with E-state index in [2.05, 4.69) is 54.4 Å². The molecule has 1 aliphatic rings. The molecule has 1 aliphatic heterocycles. The van der Waals surface area contributed by atoms with Crippen LogP contribution in [0.1, 0.15) is 69.4 Å². The zero-order valence-corrected chi connectivity index (χ0v) is 27.3. The van der Waals surface area contributed by atoms with Crippen LogP contribution >= 0.6 is 0 Å². The molecule has 0 unspecified atom stereocenters. The summed E-state index contributed by atoms with van der Waals surface area (Å²) in [6, 6.07) is 7.81. The maximum atomic E-state index is 12.8. The predicted molar refractivity (Wildman–Crippen MR) is 179 cm³/mol. The minimum Gasteiger partial charge on any atom is -0.463 e. The summed E-state index contributed by atoms with van der Waals surface area (Å²) in [7, 11) is 0. The van der Waals surface area contributed by atoms with E-state index in [1.54, 1.807) is 4.57 Å². The lowest BCUT2D eigenvalue weighted by Crippen LogP contribution is -2.48. The summed E-state index contributed by atoms with van der Waals surface area (Å²) in [5, 5.41) is 5.69. The SMILES string of the molecule is CCCCOc1nc(N)c2[nH]c(=O)n(Cc3ccc(CN4CCC(CCNC(=O)[C@H](CCCCN)NC(=O)CON)CC4)cc3)c2n1. The quantitative estimate of drug-likeness (QED) is 0.0795. The molecule has 0 radical (unpaired) electrons. The second-order valence-electron chi connectivity index (χ2n) is 12.1. The number of rotatable bonds is 19. The Bertz CT molecular complexity index is 1480. The summed E-state index contributed by atoms with van der Waals surface area (Å²) >= 11 is 0. The van der Waals surface area contributed by atoms with Crippen molar-refractivity contribution in [2.75, 3.05) is 45.1 Å². The molecule has 4 rings (SSSR count). The number of carbonyl (C=O) groups excluding carboxylic acids is 2. The minimum absolute atomic E-state index is 0.169. The zero-order valence-electron chi connectivity index (χ0n) is 27.3. The Labute approximate surface area is 274 Å². The van der Waals surface area contributed by atoms with Gasteiger partial charge in [-0.2, -0.15) is 9.97 Å². The lowest BCUT2D eigenvalue weighted by molar-refractivity contribution is -0.131. The number of nitrogens with zero attached hydrogens (tertiary/aromatic N) is 4. The van der Waals surface area contributed by atoms with Gasteiger partial charge in [-0.25, -0.2) is 10.7 Å². The third-order valence-corrected chi connectivity index (χ3v) is 8.50. The number of likely N-dealkylation sites (tertiary alicyclic amines) is 1. The Morgan fingerprint density at radius 1 is 1.09 bits per heavy atom. The van der Waals surface area contributed by atoms with Crippen LogP contribution in [0, 0.1) is 5.92 Å². The number of aromatic amines is 1. The Morgan fingerprint density at radius 2 is 1.81 bits per heavy atom. The van der Waals surface area contributed by atoms with Crippen molar-refractivity contribution in [3.8, 4) is 6.01 Å². The number of anilines is 1. The molecule has 9 N–H and O–H groups in total. The fourth-order valence-electron chi connectivity index (χ4n) is 5.77. The van der Waals surface area contributed by atoms with Crippen molar-refractivity contribution in [1.29, 1.82) is 0 Å². The molecule has 47 heavy (non-hydrogen) atoms. The highest BCUT2D eigenvalue weighted by Gasteiger charge is 2.23. The standard InChI is InChI=1S/C32H50N10O5/c1-2-3-18-46-31-39-28(34)27-29(40-31)42(32(45)38-27)20-24-9-7-23(8-10-24)19-41-16-12-22(13-17-41)11-15-36-30(44)25(6-4-5-14-33)37-26(43)21-47-35/h7-10,22,25H,2-6,11-21,33,35H2,1H3,(H,36,44)(H,37,43)(H,38,45)(H2,34,39,40)/t25-/m0/s1. The van der Waals surface area contributed by atoms with Crippen LogP contribution in [0.5, 0.6) is 6.01 Å². The van der Waals surface area contributed by atoms with E-state index >= 15 is 0 Å². The Balaban J connectivity index is 1.23. The highest BCUT2D eigenvalue weighted by molar-refractivity contribution is 5.88. The van der Waals surface area contributed by atoms with E-state index in [1.165, 1.54) is 5.56 Å². The Kier molecular flexibility index (Phi) is 14.0. The summed E-state index contributed by atoms with van der Waals surface area (Å²) in [5.74, 6) is 5.08. The van der Waals surface area contributed by atoms with Gasteiger partial charge in [-0.3, -0.25) is 23.9 Å². The fourth-order valence-corrected chi connectivity index (χ4v) is 5.77. The van der Waals surface area contributed by atoms with E-state index < -0.39 is 11.9 Å². The van der Waals surface area contributed by atoms with Gasteiger partial charge in [0.1, 0.15) is 18.2 Å². The number of aromatic nitrogens is 4. The van der Waals surface area contributed by atoms with Crippen LogP contribution in [0.2, 0.25) is 0 Å². The first-order chi connectivity index (χ1) is 22.8. The smallest absolute Gasteiger partial charge is 0.328 e. The topological polar surface area (TPSA) is 222 Å². The van der Waals surface area contributed by atoms with Crippen LogP contribution < -0.4 is 38.4 Å². The number of imidazole rings is 1. The van der Waals surface area contributed by atoms with Crippen LogP contribution in [0.4, 0.5) is 5.82 Å². The van der Waals surface area contributed by atoms with Gasteiger partial charge in [-0.1, -0.05) is 37.6 Å². The minimum atomic E-state index is -0.628. The van der Waals surface area contributed by atoms with Crippen LogP contribution in [0.15, 0.2) is 29.1 Å². The van der Waals surface area contributed by atoms with E-state index in [1.807, 2.05) is 12.1 Å². The van der Waals surface area contributed by atoms with Crippen molar-refractivity contribution >= 4 is 28.8 Å². The molecule has 0 bridgehead atoms. The van der Waals surface area contributed by atoms with E-state index in [4.69, 9.17) is 22.1 Å². The average Bonchev–Trinajstić information content (AvgIpc) is 3.37. The van der Waals surface area contributed by atoms with Crippen molar-refractivity contribution in [1.82, 2.24) is 35.1 Å². The normalized spacial score (nSPS) is 14.7. The van der Waals surface area contributed by atoms with Gasteiger partial charge in [-0.15, -0.1) is 0 Å². The maximum absolute atomic E-state index is 12.8. The van der Waals surface area contributed by atoms with Gasteiger partial charge in [-0.05, 0) is 81.6 Å².